The second-order valence-electron chi connectivity index (χ2n) is 4.22. The minimum absolute atomic E-state index is 0.244. The molecule has 1 unspecified atom stereocenters. The van der Waals surface area contributed by atoms with Crippen molar-refractivity contribution in [3.63, 3.8) is 0 Å². The number of nitro benzene ring substituents is 1. The Kier molecular flexibility index (Phi) is 4.72. The van der Waals surface area contributed by atoms with Crippen molar-refractivity contribution in [2.75, 3.05) is 6.61 Å². The molecule has 5 nitrogen and oxygen atoms in total. The van der Waals surface area contributed by atoms with E-state index in [1.165, 1.54) is 0 Å². The topological polar surface area (TPSA) is 72.6 Å². The molecule has 0 amide bonds. The smallest absolute Gasteiger partial charge is 0.311 e. The highest BCUT2D eigenvalue weighted by Crippen LogP contribution is 2.29. The van der Waals surface area contributed by atoms with E-state index in [9.17, 15) is 19.6 Å². The van der Waals surface area contributed by atoms with Gasteiger partial charge in [0.2, 0.25) is 0 Å². The largest absolute Gasteiger partial charge is 0.484 e. The van der Waals surface area contributed by atoms with E-state index in [1.807, 2.05) is 0 Å². The first-order valence-electron chi connectivity index (χ1n) is 5.98. The van der Waals surface area contributed by atoms with Gasteiger partial charge in [-0.2, -0.15) is 0 Å². The lowest BCUT2D eigenvalue weighted by molar-refractivity contribution is -0.386. The molecule has 0 bridgehead atoms. The van der Waals surface area contributed by atoms with Crippen molar-refractivity contribution in [2.45, 2.75) is 6.10 Å². The summed E-state index contributed by atoms with van der Waals surface area (Å²) in [5.41, 5.74) is 0.0565. The third-order valence-corrected chi connectivity index (χ3v) is 3.12. The van der Waals surface area contributed by atoms with E-state index in [2.05, 4.69) is 0 Å². The van der Waals surface area contributed by atoms with Gasteiger partial charge in [-0.1, -0.05) is 29.8 Å². The molecule has 0 fully saturated rings. The van der Waals surface area contributed by atoms with Crippen LogP contribution in [-0.4, -0.2) is 16.6 Å². The Balaban J connectivity index is 2.15. The molecule has 2 rings (SSSR count). The summed E-state index contributed by atoms with van der Waals surface area (Å²) >= 11 is 5.92. The van der Waals surface area contributed by atoms with E-state index in [-0.39, 0.29) is 18.0 Å². The zero-order valence-electron chi connectivity index (χ0n) is 10.7. The second kappa shape index (κ2) is 6.51. The van der Waals surface area contributed by atoms with Crippen molar-refractivity contribution in [3.8, 4) is 5.75 Å². The van der Waals surface area contributed by atoms with Crippen molar-refractivity contribution in [2.24, 2.45) is 0 Å². The fourth-order valence-corrected chi connectivity index (χ4v) is 2.02. The molecule has 0 radical (unpaired) electrons. The first kappa shape index (κ1) is 15.2. The second-order valence-corrected chi connectivity index (χ2v) is 4.62. The molecule has 0 saturated heterocycles. The van der Waals surface area contributed by atoms with E-state index in [0.717, 1.165) is 18.2 Å². The molecule has 1 atom stereocenters. The zero-order valence-corrected chi connectivity index (χ0v) is 11.5. The maximum atomic E-state index is 13.1. The van der Waals surface area contributed by atoms with Gasteiger partial charge < -0.3 is 9.84 Å². The van der Waals surface area contributed by atoms with Gasteiger partial charge in [0.1, 0.15) is 18.5 Å². The van der Waals surface area contributed by atoms with Crippen LogP contribution in [0.3, 0.4) is 0 Å². The maximum Gasteiger partial charge on any atom is 0.311 e. The van der Waals surface area contributed by atoms with Gasteiger partial charge in [0.25, 0.3) is 0 Å². The average molecular weight is 312 g/mol. The fraction of sp³-hybridized carbons (Fsp3) is 0.143. The summed E-state index contributed by atoms with van der Waals surface area (Å²) in [4.78, 5) is 10.1. The number of ether oxygens (including phenoxy) is 1. The monoisotopic (exact) mass is 311 g/mol. The quantitative estimate of drug-likeness (QED) is 0.677. The Hall–Kier alpha value is -2.18. The third-order valence-electron chi connectivity index (χ3n) is 2.78. The summed E-state index contributed by atoms with van der Waals surface area (Å²) < 4.78 is 18.3. The van der Waals surface area contributed by atoms with E-state index in [1.54, 1.807) is 24.3 Å². The molecular weight excluding hydrogens is 301 g/mol. The number of hydrogen-bond donors (Lipinski definition) is 1. The Morgan fingerprint density at radius 3 is 2.71 bits per heavy atom. The summed E-state index contributed by atoms with van der Waals surface area (Å²) in [6, 6.07) is 9.48. The Labute approximate surface area is 124 Å². The lowest BCUT2D eigenvalue weighted by Gasteiger charge is -2.14. The standard InChI is InChI=1S/C14H11ClFNO4/c15-11-4-2-1-3-10(11)13(18)8-21-14-7-9(16)5-6-12(14)17(19)20/h1-7,13,18H,8H2. The van der Waals surface area contributed by atoms with Crippen LogP contribution >= 0.6 is 11.6 Å². The van der Waals surface area contributed by atoms with Gasteiger partial charge in [0, 0.05) is 22.7 Å². The summed E-state index contributed by atoms with van der Waals surface area (Å²) in [5.74, 6) is -0.908. The number of nitrogens with zero attached hydrogens (tertiary/aromatic N) is 1. The molecule has 0 aliphatic heterocycles. The normalized spacial score (nSPS) is 12.0. The molecule has 0 spiro atoms. The molecule has 2 aromatic carbocycles. The van der Waals surface area contributed by atoms with Crippen LogP contribution in [-0.2, 0) is 0 Å². The van der Waals surface area contributed by atoms with Gasteiger partial charge in [-0.05, 0) is 12.1 Å². The number of aliphatic hydroxyl groups excluding tert-OH is 1. The molecule has 7 heteroatoms. The highest BCUT2D eigenvalue weighted by atomic mass is 35.5. The lowest BCUT2D eigenvalue weighted by atomic mass is 10.1. The van der Waals surface area contributed by atoms with Gasteiger partial charge in [0.05, 0.1) is 4.92 Å². The number of nitro groups is 1. The van der Waals surface area contributed by atoms with Crippen LogP contribution in [0.4, 0.5) is 10.1 Å². The van der Waals surface area contributed by atoms with Crippen LogP contribution in [0, 0.1) is 15.9 Å². The fourth-order valence-electron chi connectivity index (χ4n) is 1.76. The molecule has 0 aliphatic rings. The number of rotatable bonds is 5. The SMILES string of the molecule is O=[N+]([O-])c1ccc(F)cc1OCC(O)c1ccccc1Cl. The Bertz CT molecular complexity index is 665. The minimum Gasteiger partial charge on any atom is -0.484 e. The van der Waals surface area contributed by atoms with Crippen LogP contribution in [0.25, 0.3) is 0 Å². The number of halogens is 2. The highest BCUT2D eigenvalue weighted by molar-refractivity contribution is 6.31. The number of benzene rings is 2. The Morgan fingerprint density at radius 2 is 2.05 bits per heavy atom. The van der Waals surface area contributed by atoms with Gasteiger partial charge in [-0.3, -0.25) is 10.1 Å². The van der Waals surface area contributed by atoms with Crippen LogP contribution in [0.5, 0.6) is 5.75 Å². The molecule has 0 heterocycles. The van der Waals surface area contributed by atoms with Gasteiger partial charge in [0.15, 0.2) is 5.75 Å². The molecular formula is C14H11ClFNO4. The van der Waals surface area contributed by atoms with Crippen molar-refractivity contribution >= 4 is 17.3 Å². The van der Waals surface area contributed by atoms with Crippen LogP contribution in [0.2, 0.25) is 5.02 Å². The van der Waals surface area contributed by atoms with Crippen molar-refractivity contribution in [3.05, 3.63) is 69.0 Å². The molecule has 21 heavy (non-hydrogen) atoms. The predicted octanol–water partition coefficient (Wildman–Crippen LogP) is 3.50. The van der Waals surface area contributed by atoms with Gasteiger partial charge >= 0.3 is 5.69 Å². The van der Waals surface area contributed by atoms with E-state index >= 15 is 0 Å². The zero-order chi connectivity index (χ0) is 15.4. The maximum absolute atomic E-state index is 13.1. The van der Waals surface area contributed by atoms with Gasteiger partial charge in [-0.15, -0.1) is 0 Å². The van der Waals surface area contributed by atoms with Crippen LogP contribution < -0.4 is 4.74 Å². The predicted molar refractivity (Wildman–Crippen MR) is 75.0 cm³/mol. The van der Waals surface area contributed by atoms with Crippen LogP contribution in [0.1, 0.15) is 11.7 Å². The van der Waals surface area contributed by atoms with E-state index < -0.39 is 16.8 Å². The summed E-state index contributed by atoms with van der Waals surface area (Å²) in [7, 11) is 0. The molecule has 0 saturated carbocycles. The molecule has 2 aromatic rings. The first-order valence-corrected chi connectivity index (χ1v) is 6.36. The average Bonchev–Trinajstić information content (AvgIpc) is 2.45. The molecule has 0 aromatic heterocycles. The molecule has 110 valence electrons. The van der Waals surface area contributed by atoms with Crippen molar-refractivity contribution < 1.29 is 19.2 Å². The number of aliphatic hydroxyl groups is 1. The minimum atomic E-state index is -1.08. The first-order chi connectivity index (χ1) is 9.99. The summed E-state index contributed by atoms with van der Waals surface area (Å²) in [6.45, 7) is -0.284. The van der Waals surface area contributed by atoms with Crippen LogP contribution in [0.15, 0.2) is 42.5 Å². The Morgan fingerprint density at radius 1 is 1.33 bits per heavy atom. The number of hydrogen-bond acceptors (Lipinski definition) is 4. The summed E-state index contributed by atoms with van der Waals surface area (Å²) in [5, 5.41) is 21.2. The lowest BCUT2D eigenvalue weighted by Crippen LogP contribution is -2.11. The molecule has 1 N–H and O–H groups in total. The van der Waals surface area contributed by atoms with E-state index in [4.69, 9.17) is 16.3 Å². The van der Waals surface area contributed by atoms with E-state index in [0.29, 0.717) is 10.6 Å². The van der Waals surface area contributed by atoms with Crippen molar-refractivity contribution in [1.29, 1.82) is 0 Å². The summed E-state index contributed by atoms with van der Waals surface area (Å²) in [6.07, 6.45) is -1.08. The van der Waals surface area contributed by atoms with Gasteiger partial charge in [-0.25, -0.2) is 4.39 Å². The highest BCUT2D eigenvalue weighted by Gasteiger charge is 2.18. The third kappa shape index (κ3) is 3.68. The van der Waals surface area contributed by atoms with Crippen molar-refractivity contribution in [1.82, 2.24) is 0 Å². The molecule has 0 aliphatic carbocycles.